The number of rotatable bonds is 3. The molecule has 4 aromatic rings. The van der Waals surface area contributed by atoms with Gasteiger partial charge >= 0.3 is 0 Å². The van der Waals surface area contributed by atoms with E-state index >= 15 is 0 Å². The third kappa shape index (κ3) is 2.89. The van der Waals surface area contributed by atoms with Crippen LogP contribution in [-0.4, -0.2) is 15.7 Å². The van der Waals surface area contributed by atoms with Crippen LogP contribution in [0.3, 0.4) is 0 Å². The van der Waals surface area contributed by atoms with Crippen LogP contribution in [0, 0.1) is 0 Å². The minimum absolute atomic E-state index is 0.250. The van der Waals surface area contributed by atoms with Gasteiger partial charge in [0, 0.05) is 23.0 Å². The van der Waals surface area contributed by atoms with Crippen LogP contribution < -0.4 is 11.1 Å². The van der Waals surface area contributed by atoms with Crippen molar-refractivity contribution in [1.29, 1.82) is 0 Å². The molecule has 5 rings (SSSR count). The molecule has 0 bridgehead atoms. The number of nitrogen functional groups attached to an aromatic ring is 1. The zero-order valence-electron chi connectivity index (χ0n) is 14.6. The minimum atomic E-state index is 0.250. The summed E-state index contributed by atoms with van der Waals surface area (Å²) in [6, 6.07) is 22.9. The first kappa shape index (κ1) is 15.5. The summed E-state index contributed by atoms with van der Waals surface area (Å²) in [7, 11) is 0. The molecule has 130 valence electrons. The molecule has 27 heavy (non-hydrogen) atoms. The molecule has 1 aliphatic heterocycles. The van der Waals surface area contributed by atoms with Gasteiger partial charge in [0.25, 0.3) is 0 Å². The molecule has 0 amide bonds. The maximum absolute atomic E-state index is 5.66. The molecule has 0 spiro atoms. The monoisotopic (exact) mass is 351 g/mol. The molecular formula is C22H17N5. The number of nitrogens with zero attached hydrogens (tertiary/aromatic N) is 3. The third-order valence-corrected chi connectivity index (χ3v) is 4.74. The lowest BCUT2D eigenvalue weighted by atomic mass is 9.97. The molecule has 5 heteroatoms. The second-order valence-electron chi connectivity index (χ2n) is 6.52. The van der Waals surface area contributed by atoms with Gasteiger partial charge in [-0.2, -0.15) is 4.98 Å². The van der Waals surface area contributed by atoms with Crippen molar-refractivity contribution >= 4 is 33.9 Å². The first-order valence-electron chi connectivity index (χ1n) is 8.79. The topological polar surface area (TPSA) is 76.2 Å². The second kappa shape index (κ2) is 6.21. The van der Waals surface area contributed by atoms with Crippen molar-refractivity contribution in [3.63, 3.8) is 0 Å². The van der Waals surface area contributed by atoms with Crippen molar-refractivity contribution in [2.75, 3.05) is 11.1 Å². The lowest BCUT2D eigenvalue weighted by molar-refractivity contribution is 1.11. The third-order valence-electron chi connectivity index (χ3n) is 4.74. The van der Waals surface area contributed by atoms with Crippen LogP contribution in [0.25, 0.3) is 10.8 Å². The lowest BCUT2D eigenvalue weighted by Gasteiger charge is -2.10. The van der Waals surface area contributed by atoms with Crippen LogP contribution in [0.15, 0.2) is 77.9 Å². The number of anilines is 3. The Morgan fingerprint density at radius 1 is 0.889 bits per heavy atom. The van der Waals surface area contributed by atoms with Crippen molar-refractivity contribution in [2.45, 2.75) is 6.54 Å². The van der Waals surface area contributed by atoms with Crippen molar-refractivity contribution in [3.8, 4) is 0 Å². The normalized spacial score (nSPS) is 12.7. The number of fused-ring (bicyclic) bond motifs is 2. The number of nitrogens with one attached hydrogen (secondary N) is 1. The zero-order chi connectivity index (χ0) is 18.2. The van der Waals surface area contributed by atoms with Gasteiger partial charge in [-0.05, 0) is 40.6 Å². The van der Waals surface area contributed by atoms with Crippen molar-refractivity contribution in [1.82, 2.24) is 9.97 Å². The SMILES string of the molecule is Nc1nccc(Nc2ccc3c(c2)C(c2ccc4ccccc4c2)=NC3)n1. The maximum atomic E-state index is 5.66. The Bertz CT molecular complexity index is 1200. The minimum Gasteiger partial charge on any atom is -0.368 e. The smallest absolute Gasteiger partial charge is 0.221 e. The molecule has 2 heterocycles. The summed E-state index contributed by atoms with van der Waals surface area (Å²) in [5.74, 6) is 0.921. The average molecular weight is 351 g/mol. The van der Waals surface area contributed by atoms with E-state index in [1.54, 1.807) is 12.3 Å². The summed E-state index contributed by atoms with van der Waals surface area (Å²) < 4.78 is 0. The summed E-state index contributed by atoms with van der Waals surface area (Å²) >= 11 is 0. The molecule has 0 atom stereocenters. The first-order chi connectivity index (χ1) is 13.3. The standard InChI is InChI=1S/C22H17N5/c23-22-24-10-9-20(27-22)26-18-8-7-17-13-25-21(19(17)12-18)16-6-5-14-3-1-2-4-15(14)11-16/h1-12H,13H2,(H3,23,24,26,27). The van der Waals surface area contributed by atoms with Gasteiger partial charge in [0.05, 0.1) is 12.3 Å². The van der Waals surface area contributed by atoms with Crippen LogP contribution >= 0.6 is 0 Å². The molecule has 5 nitrogen and oxygen atoms in total. The quantitative estimate of drug-likeness (QED) is 0.577. The van der Waals surface area contributed by atoms with Crippen LogP contribution in [0.5, 0.6) is 0 Å². The predicted octanol–water partition coefficient (Wildman–Crippen LogP) is 4.31. The van der Waals surface area contributed by atoms with E-state index in [0.29, 0.717) is 12.4 Å². The fourth-order valence-corrected chi connectivity index (χ4v) is 3.44. The number of hydrogen-bond acceptors (Lipinski definition) is 5. The van der Waals surface area contributed by atoms with Gasteiger partial charge in [-0.15, -0.1) is 0 Å². The van der Waals surface area contributed by atoms with Crippen molar-refractivity contribution in [3.05, 3.63) is 89.6 Å². The van der Waals surface area contributed by atoms with Gasteiger partial charge < -0.3 is 11.1 Å². The molecule has 0 aliphatic carbocycles. The first-order valence-corrected chi connectivity index (χ1v) is 8.79. The summed E-state index contributed by atoms with van der Waals surface area (Å²) in [6.45, 7) is 0.707. The maximum Gasteiger partial charge on any atom is 0.221 e. The Labute approximate surface area is 156 Å². The Hall–Kier alpha value is -3.73. The fourth-order valence-electron chi connectivity index (χ4n) is 3.44. The largest absolute Gasteiger partial charge is 0.368 e. The molecule has 1 aliphatic rings. The average Bonchev–Trinajstić information content (AvgIpc) is 3.11. The Morgan fingerprint density at radius 3 is 2.67 bits per heavy atom. The number of benzene rings is 3. The molecule has 0 saturated carbocycles. The highest BCUT2D eigenvalue weighted by Crippen LogP contribution is 2.28. The van der Waals surface area contributed by atoms with Crippen LogP contribution in [-0.2, 0) is 6.54 Å². The van der Waals surface area contributed by atoms with E-state index in [9.17, 15) is 0 Å². The molecule has 3 aromatic carbocycles. The molecular weight excluding hydrogens is 334 g/mol. The van der Waals surface area contributed by atoms with Gasteiger partial charge in [-0.1, -0.05) is 42.5 Å². The van der Waals surface area contributed by atoms with E-state index in [2.05, 4.69) is 69.9 Å². The number of nitrogens with two attached hydrogens (primary N) is 1. The van der Waals surface area contributed by atoms with Crippen LogP contribution in [0.2, 0.25) is 0 Å². The van der Waals surface area contributed by atoms with Crippen molar-refractivity contribution < 1.29 is 0 Å². The summed E-state index contributed by atoms with van der Waals surface area (Å²) in [5, 5.41) is 5.74. The van der Waals surface area contributed by atoms with Crippen LogP contribution in [0.1, 0.15) is 16.7 Å². The Morgan fingerprint density at radius 2 is 1.78 bits per heavy atom. The predicted molar refractivity (Wildman–Crippen MR) is 109 cm³/mol. The van der Waals surface area contributed by atoms with Gasteiger partial charge in [0.1, 0.15) is 5.82 Å². The highest BCUT2D eigenvalue weighted by molar-refractivity contribution is 6.16. The lowest BCUT2D eigenvalue weighted by Crippen LogP contribution is -2.03. The number of aromatic nitrogens is 2. The molecule has 0 fully saturated rings. The molecule has 3 N–H and O–H groups in total. The van der Waals surface area contributed by atoms with E-state index in [-0.39, 0.29) is 5.95 Å². The van der Waals surface area contributed by atoms with Crippen LogP contribution in [0.4, 0.5) is 17.5 Å². The molecule has 0 saturated heterocycles. The highest BCUT2D eigenvalue weighted by atomic mass is 15.1. The summed E-state index contributed by atoms with van der Waals surface area (Å²) in [4.78, 5) is 12.9. The second-order valence-corrected chi connectivity index (χ2v) is 6.52. The van der Waals surface area contributed by atoms with E-state index < -0.39 is 0 Å². The van der Waals surface area contributed by atoms with Crippen molar-refractivity contribution in [2.24, 2.45) is 4.99 Å². The highest BCUT2D eigenvalue weighted by Gasteiger charge is 2.18. The molecule has 1 aromatic heterocycles. The molecule has 0 radical (unpaired) electrons. The van der Waals surface area contributed by atoms with Gasteiger partial charge in [-0.25, -0.2) is 4.98 Å². The van der Waals surface area contributed by atoms with Gasteiger partial charge in [0.15, 0.2) is 0 Å². The summed E-state index contributed by atoms with van der Waals surface area (Å²) in [6.07, 6.45) is 1.64. The number of hydrogen-bond donors (Lipinski definition) is 2. The van der Waals surface area contributed by atoms with E-state index in [1.807, 2.05) is 6.07 Å². The van der Waals surface area contributed by atoms with Gasteiger partial charge in [-0.3, -0.25) is 4.99 Å². The van der Waals surface area contributed by atoms with E-state index in [4.69, 9.17) is 10.7 Å². The Kier molecular flexibility index (Phi) is 3.57. The number of aliphatic imine (C=N–C) groups is 1. The fraction of sp³-hybridized carbons (Fsp3) is 0.0455. The van der Waals surface area contributed by atoms with Gasteiger partial charge in [0.2, 0.25) is 5.95 Å². The van der Waals surface area contributed by atoms with E-state index in [1.165, 1.54) is 16.3 Å². The van der Waals surface area contributed by atoms with E-state index in [0.717, 1.165) is 22.5 Å². The summed E-state index contributed by atoms with van der Waals surface area (Å²) in [5.41, 5.74) is 11.2. The Balaban J connectivity index is 1.51. The zero-order valence-corrected chi connectivity index (χ0v) is 14.6. The molecule has 0 unspecified atom stereocenters.